The van der Waals surface area contributed by atoms with Gasteiger partial charge in [0.1, 0.15) is 0 Å². The molecule has 4 aromatic rings. The maximum absolute atomic E-state index is 12.6. The van der Waals surface area contributed by atoms with Crippen molar-refractivity contribution in [2.24, 2.45) is 0 Å². The molecule has 0 radical (unpaired) electrons. The molecule has 1 amide bonds. The monoisotopic (exact) mass is 465 g/mol. The van der Waals surface area contributed by atoms with E-state index >= 15 is 0 Å². The predicted octanol–water partition coefficient (Wildman–Crippen LogP) is 3.57. The van der Waals surface area contributed by atoms with Gasteiger partial charge in [-0.05, 0) is 23.6 Å². The van der Waals surface area contributed by atoms with Gasteiger partial charge in [-0.15, -0.1) is 10.2 Å². The smallest absolute Gasteiger partial charge is 0.234 e. The number of hydrogen-bond acceptors (Lipinski definition) is 8. The lowest BCUT2D eigenvalue weighted by Gasteiger charge is -2.13. The fourth-order valence-corrected chi connectivity index (χ4v) is 4.09. The Labute approximate surface area is 194 Å². The van der Waals surface area contributed by atoms with Gasteiger partial charge in [0.2, 0.25) is 16.8 Å². The van der Waals surface area contributed by atoms with Crippen molar-refractivity contribution in [1.82, 2.24) is 14.9 Å². The number of benzene rings is 3. The molecule has 9 nitrogen and oxygen atoms in total. The van der Waals surface area contributed by atoms with Gasteiger partial charge < -0.3 is 25.4 Å². The first-order chi connectivity index (χ1) is 16.0. The van der Waals surface area contributed by atoms with E-state index in [2.05, 4.69) is 15.5 Å². The van der Waals surface area contributed by atoms with E-state index in [9.17, 15) is 4.79 Å². The first kappa shape index (κ1) is 22.3. The van der Waals surface area contributed by atoms with E-state index in [1.807, 2.05) is 42.5 Å². The summed E-state index contributed by atoms with van der Waals surface area (Å²) in [6.07, 6.45) is 0. The normalized spacial score (nSPS) is 10.8. The molecule has 0 aliphatic carbocycles. The Morgan fingerprint density at radius 1 is 1.00 bits per heavy atom. The van der Waals surface area contributed by atoms with Gasteiger partial charge in [-0.3, -0.25) is 4.79 Å². The number of fused-ring (bicyclic) bond motifs is 1. The van der Waals surface area contributed by atoms with E-state index in [-0.39, 0.29) is 11.7 Å². The number of nitrogens with zero attached hydrogens (tertiary/aromatic N) is 3. The molecule has 1 aromatic heterocycles. The molecule has 4 rings (SSSR count). The van der Waals surface area contributed by atoms with Gasteiger partial charge in [0.15, 0.2) is 17.3 Å². The molecule has 0 atom stereocenters. The fourth-order valence-electron chi connectivity index (χ4n) is 3.43. The van der Waals surface area contributed by atoms with Crippen LogP contribution in [-0.4, -0.2) is 47.9 Å². The number of nitrogens with two attached hydrogens (primary N) is 1. The number of nitrogen functional groups attached to an aromatic ring is 1. The van der Waals surface area contributed by atoms with Gasteiger partial charge in [-0.2, -0.15) is 0 Å². The number of hydrogen-bond donors (Lipinski definition) is 2. The summed E-state index contributed by atoms with van der Waals surface area (Å²) in [5, 5.41) is 13.7. The van der Waals surface area contributed by atoms with E-state index in [1.165, 1.54) is 37.8 Å². The lowest BCUT2D eigenvalue weighted by Crippen LogP contribution is -2.16. The van der Waals surface area contributed by atoms with Crippen LogP contribution in [0, 0.1) is 0 Å². The van der Waals surface area contributed by atoms with Crippen LogP contribution in [0.15, 0.2) is 59.8 Å². The maximum Gasteiger partial charge on any atom is 0.234 e. The van der Waals surface area contributed by atoms with E-state index in [0.29, 0.717) is 33.8 Å². The molecule has 0 bridgehead atoms. The van der Waals surface area contributed by atoms with E-state index in [1.54, 1.807) is 12.1 Å². The summed E-state index contributed by atoms with van der Waals surface area (Å²) < 4.78 is 17.5. The van der Waals surface area contributed by atoms with Crippen LogP contribution in [0.1, 0.15) is 0 Å². The quantitative estimate of drug-likeness (QED) is 0.300. The van der Waals surface area contributed by atoms with Crippen molar-refractivity contribution in [2.75, 3.05) is 38.2 Å². The number of aromatic nitrogens is 3. The maximum atomic E-state index is 12.6. The summed E-state index contributed by atoms with van der Waals surface area (Å²) in [7, 11) is 4.59. The topological polar surface area (TPSA) is 114 Å². The zero-order valence-corrected chi connectivity index (χ0v) is 19.2. The number of rotatable bonds is 8. The SMILES string of the molecule is COc1cc(-c2nnc(SCC(=O)Nc3cccc4ccccc34)n2N)cc(OC)c1OC. The molecule has 0 unspecified atom stereocenters. The number of carbonyl (C=O) groups is 1. The minimum Gasteiger partial charge on any atom is -0.493 e. The van der Waals surface area contributed by atoms with Crippen LogP contribution < -0.4 is 25.4 Å². The number of carbonyl (C=O) groups excluding carboxylic acids is 1. The Hall–Kier alpha value is -3.92. The average molecular weight is 466 g/mol. The number of ether oxygens (including phenoxy) is 3. The zero-order chi connectivity index (χ0) is 23.4. The van der Waals surface area contributed by atoms with Gasteiger partial charge in [-0.1, -0.05) is 48.2 Å². The van der Waals surface area contributed by atoms with Gasteiger partial charge in [0.25, 0.3) is 0 Å². The van der Waals surface area contributed by atoms with Crippen molar-refractivity contribution in [1.29, 1.82) is 0 Å². The van der Waals surface area contributed by atoms with E-state index < -0.39 is 0 Å². The standard InChI is InChI=1S/C23H23N5O4S/c1-30-18-11-15(12-19(31-2)21(18)32-3)22-26-27-23(28(22)24)33-13-20(29)25-17-10-6-8-14-7-4-5-9-16(14)17/h4-12H,13,24H2,1-3H3,(H,25,29). The zero-order valence-electron chi connectivity index (χ0n) is 18.4. The summed E-state index contributed by atoms with van der Waals surface area (Å²) in [6.45, 7) is 0. The highest BCUT2D eigenvalue weighted by Crippen LogP contribution is 2.41. The van der Waals surface area contributed by atoms with Gasteiger partial charge in [-0.25, -0.2) is 4.68 Å². The largest absolute Gasteiger partial charge is 0.493 e. The molecule has 0 aliphatic heterocycles. The Balaban J connectivity index is 1.50. The van der Waals surface area contributed by atoms with Crippen molar-refractivity contribution >= 4 is 34.1 Å². The van der Waals surface area contributed by atoms with Crippen molar-refractivity contribution in [3.63, 3.8) is 0 Å². The molecular formula is C23H23N5O4S. The summed E-state index contributed by atoms with van der Waals surface area (Å²) in [6, 6.07) is 17.1. The highest BCUT2D eigenvalue weighted by Gasteiger charge is 2.19. The lowest BCUT2D eigenvalue weighted by molar-refractivity contribution is -0.113. The number of nitrogens with one attached hydrogen (secondary N) is 1. The molecule has 3 N–H and O–H groups in total. The molecule has 0 saturated carbocycles. The second-order valence-corrected chi connectivity index (χ2v) is 7.90. The van der Waals surface area contributed by atoms with Crippen molar-refractivity contribution in [3.05, 3.63) is 54.6 Å². The Morgan fingerprint density at radius 3 is 2.39 bits per heavy atom. The van der Waals surface area contributed by atoms with Crippen LogP contribution in [0.5, 0.6) is 17.2 Å². The summed E-state index contributed by atoms with van der Waals surface area (Å²) >= 11 is 1.19. The molecule has 1 heterocycles. The summed E-state index contributed by atoms with van der Waals surface area (Å²) in [5.74, 6) is 7.98. The predicted molar refractivity (Wildman–Crippen MR) is 129 cm³/mol. The average Bonchev–Trinajstić information content (AvgIpc) is 3.22. The molecule has 3 aromatic carbocycles. The van der Waals surface area contributed by atoms with Crippen LogP contribution in [0.2, 0.25) is 0 Å². The number of thioether (sulfide) groups is 1. The Kier molecular flexibility index (Phi) is 6.55. The van der Waals surface area contributed by atoms with Crippen LogP contribution in [0.3, 0.4) is 0 Å². The molecule has 0 aliphatic rings. The Morgan fingerprint density at radius 2 is 1.70 bits per heavy atom. The van der Waals surface area contributed by atoms with Gasteiger partial charge in [0.05, 0.1) is 27.1 Å². The highest BCUT2D eigenvalue weighted by molar-refractivity contribution is 7.99. The van der Waals surface area contributed by atoms with E-state index in [4.69, 9.17) is 20.1 Å². The lowest BCUT2D eigenvalue weighted by atomic mass is 10.1. The first-order valence-corrected chi connectivity index (χ1v) is 11.0. The van der Waals surface area contributed by atoms with Crippen LogP contribution >= 0.6 is 11.8 Å². The summed E-state index contributed by atoms with van der Waals surface area (Å²) in [5.41, 5.74) is 1.39. The van der Waals surface area contributed by atoms with E-state index in [0.717, 1.165) is 16.5 Å². The minimum atomic E-state index is -0.173. The molecule has 0 saturated heterocycles. The minimum absolute atomic E-state index is 0.119. The number of methoxy groups -OCH3 is 3. The molecule has 170 valence electrons. The Bertz CT molecular complexity index is 1280. The molecular weight excluding hydrogens is 442 g/mol. The molecule has 10 heteroatoms. The summed E-state index contributed by atoms with van der Waals surface area (Å²) in [4.78, 5) is 12.6. The van der Waals surface area contributed by atoms with Gasteiger partial charge in [0, 0.05) is 16.6 Å². The third-order valence-electron chi connectivity index (χ3n) is 4.98. The second kappa shape index (κ2) is 9.70. The van der Waals surface area contributed by atoms with Crippen LogP contribution in [-0.2, 0) is 4.79 Å². The third-order valence-corrected chi connectivity index (χ3v) is 5.93. The molecule has 0 fully saturated rings. The van der Waals surface area contributed by atoms with Crippen molar-refractivity contribution in [2.45, 2.75) is 5.16 Å². The number of amides is 1. The molecule has 0 spiro atoms. The highest BCUT2D eigenvalue weighted by atomic mass is 32.2. The first-order valence-electron chi connectivity index (χ1n) is 9.97. The van der Waals surface area contributed by atoms with Gasteiger partial charge >= 0.3 is 0 Å². The van der Waals surface area contributed by atoms with Crippen LogP contribution in [0.4, 0.5) is 5.69 Å². The number of anilines is 1. The molecule has 33 heavy (non-hydrogen) atoms. The van der Waals surface area contributed by atoms with Crippen LogP contribution in [0.25, 0.3) is 22.2 Å². The van der Waals surface area contributed by atoms with Crippen molar-refractivity contribution < 1.29 is 19.0 Å². The fraction of sp³-hybridized carbons (Fsp3) is 0.174. The third kappa shape index (κ3) is 4.51. The van der Waals surface area contributed by atoms with Crippen molar-refractivity contribution in [3.8, 4) is 28.6 Å². The second-order valence-electron chi connectivity index (χ2n) is 6.95.